The number of halogens is 4. The van der Waals surface area contributed by atoms with Crippen LogP contribution in [0.4, 0.5) is 17.6 Å². The standard InChI is InChI=1S/C15H7F4N2OS/c16-11-6-1-2-7-12(11)23-10-5-3-4-9(8-10)13-20-14(22-21-13)15(17,18)19/h1-4,6-8H. The molecule has 0 fully saturated rings. The highest BCUT2D eigenvalue weighted by atomic mass is 32.2. The number of benzene rings is 2. The van der Waals surface area contributed by atoms with Crippen LogP contribution in [0.1, 0.15) is 5.89 Å². The normalized spacial score (nSPS) is 11.7. The largest absolute Gasteiger partial charge is 0.471 e. The molecule has 3 aromatic rings. The maximum atomic E-state index is 13.6. The number of alkyl halides is 3. The van der Waals surface area contributed by atoms with Crippen molar-refractivity contribution in [2.75, 3.05) is 0 Å². The quantitative estimate of drug-likeness (QED) is 0.640. The molecule has 8 heteroatoms. The lowest BCUT2D eigenvalue weighted by atomic mass is 10.2. The van der Waals surface area contributed by atoms with Crippen LogP contribution < -0.4 is 0 Å². The van der Waals surface area contributed by atoms with Gasteiger partial charge in [0.15, 0.2) is 0 Å². The highest BCUT2D eigenvalue weighted by Crippen LogP contribution is 2.33. The van der Waals surface area contributed by atoms with Crippen LogP contribution in [-0.4, -0.2) is 10.1 Å². The van der Waals surface area contributed by atoms with Crippen molar-refractivity contribution in [3.8, 4) is 11.4 Å². The molecule has 3 nitrogen and oxygen atoms in total. The van der Waals surface area contributed by atoms with Crippen molar-refractivity contribution < 1.29 is 22.1 Å². The zero-order chi connectivity index (χ0) is 16.4. The monoisotopic (exact) mass is 339 g/mol. The Hall–Kier alpha value is -2.35. The molecule has 3 rings (SSSR count). The summed E-state index contributed by atoms with van der Waals surface area (Å²) in [6.07, 6.45) is -4.70. The Bertz CT molecular complexity index is 832. The molecule has 0 spiro atoms. The van der Waals surface area contributed by atoms with E-state index in [0.717, 1.165) is 11.8 Å². The second kappa shape index (κ2) is 6.04. The van der Waals surface area contributed by atoms with Gasteiger partial charge >= 0.3 is 12.1 Å². The van der Waals surface area contributed by atoms with Crippen molar-refractivity contribution in [2.45, 2.75) is 16.0 Å². The maximum absolute atomic E-state index is 13.6. The third-order valence-corrected chi connectivity index (χ3v) is 3.76. The molecular weight excluding hydrogens is 332 g/mol. The Kier molecular flexibility index (Phi) is 4.08. The SMILES string of the molecule is Fc1ccccc1Sc1[c]ccc(-c2noc(C(F)(F)F)n2)c1. The number of hydrogen-bond acceptors (Lipinski definition) is 4. The van der Waals surface area contributed by atoms with E-state index in [1.807, 2.05) is 0 Å². The minimum absolute atomic E-state index is 0.193. The molecule has 0 aliphatic carbocycles. The first-order chi connectivity index (χ1) is 10.9. The lowest BCUT2D eigenvalue weighted by Crippen LogP contribution is -2.04. The molecule has 0 atom stereocenters. The van der Waals surface area contributed by atoms with Crippen LogP contribution in [0.15, 0.2) is 56.8 Å². The highest BCUT2D eigenvalue weighted by Gasteiger charge is 2.38. The van der Waals surface area contributed by atoms with Crippen LogP contribution >= 0.6 is 11.8 Å². The molecule has 0 saturated heterocycles. The zero-order valence-corrected chi connectivity index (χ0v) is 12.1. The van der Waals surface area contributed by atoms with Gasteiger partial charge in [0.1, 0.15) is 5.82 Å². The van der Waals surface area contributed by atoms with Crippen molar-refractivity contribution in [2.24, 2.45) is 0 Å². The van der Waals surface area contributed by atoms with Gasteiger partial charge in [-0.05, 0) is 24.3 Å². The molecule has 1 radical (unpaired) electrons. The Morgan fingerprint density at radius 1 is 1.13 bits per heavy atom. The molecule has 0 aliphatic heterocycles. The summed E-state index contributed by atoms with van der Waals surface area (Å²) in [5.74, 6) is -2.00. The first-order valence-corrected chi connectivity index (χ1v) is 7.10. The summed E-state index contributed by atoms with van der Waals surface area (Å²) in [6, 6.07) is 13.6. The van der Waals surface area contributed by atoms with Crippen LogP contribution in [0.25, 0.3) is 11.4 Å². The molecule has 0 N–H and O–H groups in total. The van der Waals surface area contributed by atoms with Crippen LogP contribution in [0.2, 0.25) is 0 Å². The van der Waals surface area contributed by atoms with E-state index in [0.29, 0.717) is 15.4 Å². The Balaban J connectivity index is 1.88. The maximum Gasteiger partial charge on any atom is 0.471 e. The van der Waals surface area contributed by atoms with E-state index >= 15 is 0 Å². The lowest BCUT2D eigenvalue weighted by Gasteiger charge is -2.03. The van der Waals surface area contributed by atoms with Crippen LogP contribution in [0.3, 0.4) is 0 Å². The predicted octanol–water partition coefficient (Wildman–Crippen LogP) is 4.85. The average Bonchev–Trinajstić information content (AvgIpc) is 3.00. The molecule has 1 heterocycles. The molecule has 0 amide bonds. The summed E-state index contributed by atoms with van der Waals surface area (Å²) in [5, 5.41) is 3.32. The Morgan fingerprint density at radius 3 is 2.61 bits per heavy atom. The topological polar surface area (TPSA) is 38.9 Å². The zero-order valence-electron chi connectivity index (χ0n) is 11.3. The van der Waals surface area contributed by atoms with Crippen LogP contribution in [0, 0.1) is 11.9 Å². The van der Waals surface area contributed by atoms with E-state index < -0.39 is 17.9 Å². The van der Waals surface area contributed by atoms with Crippen molar-refractivity contribution in [3.05, 3.63) is 60.2 Å². The minimum atomic E-state index is -4.70. The van der Waals surface area contributed by atoms with Crippen molar-refractivity contribution in [1.29, 1.82) is 0 Å². The van der Waals surface area contributed by atoms with Gasteiger partial charge in [0.25, 0.3) is 0 Å². The summed E-state index contributed by atoms with van der Waals surface area (Å²) in [6.45, 7) is 0. The first-order valence-electron chi connectivity index (χ1n) is 6.29. The van der Waals surface area contributed by atoms with Crippen LogP contribution in [-0.2, 0) is 6.18 Å². The average molecular weight is 339 g/mol. The van der Waals surface area contributed by atoms with E-state index in [1.165, 1.54) is 24.3 Å². The van der Waals surface area contributed by atoms with Crippen molar-refractivity contribution >= 4 is 11.8 Å². The fourth-order valence-corrected chi connectivity index (χ4v) is 2.61. The molecule has 117 valence electrons. The van der Waals surface area contributed by atoms with Gasteiger partial charge in [-0.15, -0.1) is 0 Å². The van der Waals surface area contributed by atoms with E-state index in [-0.39, 0.29) is 5.82 Å². The second-order valence-electron chi connectivity index (χ2n) is 4.39. The van der Waals surface area contributed by atoms with Gasteiger partial charge in [-0.3, -0.25) is 0 Å². The third kappa shape index (κ3) is 3.53. The summed E-state index contributed by atoms with van der Waals surface area (Å²) in [4.78, 5) is 4.22. The molecule has 0 unspecified atom stereocenters. The Morgan fingerprint density at radius 2 is 1.91 bits per heavy atom. The van der Waals surface area contributed by atoms with E-state index in [2.05, 4.69) is 20.7 Å². The van der Waals surface area contributed by atoms with Gasteiger partial charge < -0.3 is 4.52 Å². The molecule has 1 aromatic heterocycles. The van der Waals surface area contributed by atoms with Gasteiger partial charge in [0.05, 0.1) is 0 Å². The molecule has 0 aliphatic rings. The van der Waals surface area contributed by atoms with Gasteiger partial charge in [-0.2, -0.15) is 18.2 Å². The summed E-state index contributed by atoms with van der Waals surface area (Å²) >= 11 is 1.10. The van der Waals surface area contributed by atoms with E-state index in [4.69, 9.17) is 0 Å². The van der Waals surface area contributed by atoms with Gasteiger partial charge in [-0.1, -0.05) is 41.2 Å². The molecule has 2 aromatic carbocycles. The Labute approximate surface area is 132 Å². The van der Waals surface area contributed by atoms with Gasteiger partial charge in [0, 0.05) is 15.4 Å². The smallest absolute Gasteiger partial charge is 0.329 e. The van der Waals surface area contributed by atoms with E-state index in [9.17, 15) is 17.6 Å². The van der Waals surface area contributed by atoms with Gasteiger partial charge in [-0.25, -0.2) is 4.39 Å². The number of rotatable bonds is 3. The summed E-state index contributed by atoms with van der Waals surface area (Å²) in [5.41, 5.74) is 0.321. The number of nitrogens with zero attached hydrogens (tertiary/aromatic N) is 2. The fraction of sp³-hybridized carbons (Fsp3) is 0.0667. The third-order valence-electron chi connectivity index (χ3n) is 2.76. The van der Waals surface area contributed by atoms with Crippen LogP contribution in [0.5, 0.6) is 0 Å². The molecule has 0 saturated carbocycles. The number of hydrogen-bond donors (Lipinski definition) is 0. The first kappa shape index (κ1) is 15.5. The highest BCUT2D eigenvalue weighted by molar-refractivity contribution is 7.99. The molecule has 0 bridgehead atoms. The second-order valence-corrected chi connectivity index (χ2v) is 5.48. The number of aromatic nitrogens is 2. The molecule has 23 heavy (non-hydrogen) atoms. The van der Waals surface area contributed by atoms with Gasteiger partial charge in [0.2, 0.25) is 5.82 Å². The van der Waals surface area contributed by atoms with E-state index in [1.54, 1.807) is 18.2 Å². The van der Waals surface area contributed by atoms with Crippen molar-refractivity contribution in [3.63, 3.8) is 0 Å². The fourth-order valence-electron chi connectivity index (χ4n) is 1.74. The minimum Gasteiger partial charge on any atom is -0.329 e. The van der Waals surface area contributed by atoms with Crippen molar-refractivity contribution in [1.82, 2.24) is 10.1 Å². The summed E-state index contributed by atoms with van der Waals surface area (Å²) < 4.78 is 55.3. The predicted molar refractivity (Wildman–Crippen MR) is 74.1 cm³/mol. The molecular formula is C15H7F4N2OS. The summed E-state index contributed by atoms with van der Waals surface area (Å²) in [7, 11) is 0. The lowest BCUT2D eigenvalue weighted by molar-refractivity contribution is -0.159.